The molecule has 0 amide bonds. The number of hydrogen-bond acceptors (Lipinski definition) is 4. The summed E-state index contributed by atoms with van der Waals surface area (Å²) in [6, 6.07) is 3.16. The smallest absolute Gasteiger partial charge is 0.250 e. The summed E-state index contributed by atoms with van der Waals surface area (Å²) < 4.78 is 0. The van der Waals surface area contributed by atoms with E-state index in [4.69, 9.17) is 0 Å². The molecule has 5 nitrogen and oxygen atoms in total. The quantitative estimate of drug-likeness (QED) is 0.762. The fourth-order valence-corrected chi connectivity index (χ4v) is 1.84. The van der Waals surface area contributed by atoms with Gasteiger partial charge >= 0.3 is 0 Å². The average Bonchev–Trinajstić information content (AvgIpc) is 2.35. The third kappa shape index (κ3) is 2.51. The molecule has 0 aromatic carbocycles. The molecule has 3 N–H and O–H groups in total. The number of fused-ring (bicyclic) bond motifs is 1. The Labute approximate surface area is 105 Å². The van der Waals surface area contributed by atoms with Crippen molar-refractivity contribution < 1.29 is 5.11 Å². The third-order valence-corrected chi connectivity index (χ3v) is 2.99. The number of aliphatic hydroxyl groups excluding tert-OH is 1. The van der Waals surface area contributed by atoms with Crippen molar-refractivity contribution in [2.24, 2.45) is 5.92 Å². The fourth-order valence-electron chi connectivity index (χ4n) is 1.84. The van der Waals surface area contributed by atoms with Gasteiger partial charge in [-0.15, -0.1) is 0 Å². The van der Waals surface area contributed by atoms with Crippen LogP contribution in [0.15, 0.2) is 29.3 Å². The van der Waals surface area contributed by atoms with E-state index in [-0.39, 0.29) is 24.1 Å². The molecule has 0 radical (unpaired) electrons. The molecule has 96 valence electrons. The topological polar surface area (TPSA) is 78.0 Å². The van der Waals surface area contributed by atoms with Crippen LogP contribution in [0, 0.1) is 5.92 Å². The van der Waals surface area contributed by atoms with Crippen LogP contribution in [-0.2, 0) is 0 Å². The molecule has 2 rings (SSSR count). The fraction of sp³-hybridized carbons (Fsp3) is 0.385. The number of nitrogens with one attached hydrogen (secondary N) is 2. The number of aromatic amines is 1. The van der Waals surface area contributed by atoms with Gasteiger partial charge in [0.1, 0.15) is 0 Å². The summed E-state index contributed by atoms with van der Waals surface area (Å²) >= 11 is 0. The van der Waals surface area contributed by atoms with Gasteiger partial charge in [-0.25, -0.2) is 0 Å². The molecule has 0 saturated heterocycles. The third-order valence-electron chi connectivity index (χ3n) is 2.99. The molecule has 1 atom stereocenters. The Kier molecular flexibility index (Phi) is 3.62. The number of nitrogens with zero attached hydrogens (tertiary/aromatic N) is 1. The Morgan fingerprint density at radius 1 is 1.50 bits per heavy atom. The van der Waals surface area contributed by atoms with Crippen molar-refractivity contribution in [2.45, 2.75) is 19.9 Å². The van der Waals surface area contributed by atoms with E-state index in [2.05, 4.69) is 15.3 Å². The maximum Gasteiger partial charge on any atom is 0.250 e. The highest BCUT2D eigenvalue weighted by atomic mass is 16.3. The zero-order valence-electron chi connectivity index (χ0n) is 10.5. The summed E-state index contributed by atoms with van der Waals surface area (Å²) in [6.07, 6.45) is 3.33. The predicted molar refractivity (Wildman–Crippen MR) is 71.7 cm³/mol. The minimum atomic E-state index is -0.170. The van der Waals surface area contributed by atoms with E-state index < -0.39 is 0 Å². The van der Waals surface area contributed by atoms with Gasteiger partial charge in [0, 0.05) is 23.8 Å². The second-order valence-corrected chi connectivity index (χ2v) is 4.65. The standard InChI is InChI=1S/C13H17N3O2/c1-8(2)12(7-17)15-11-5-13(18)16-10-3-4-14-6-9(10)11/h3-6,8,12,17H,7H2,1-2H3,(H2,15,16,18)/t12-/m1/s1. The van der Waals surface area contributed by atoms with Crippen LogP contribution in [0.5, 0.6) is 0 Å². The zero-order valence-corrected chi connectivity index (χ0v) is 10.5. The zero-order chi connectivity index (χ0) is 13.1. The molecule has 2 heterocycles. The molecular weight excluding hydrogens is 230 g/mol. The first kappa shape index (κ1) is 12.6. The van der Waals surface area contributed by atoms with Crippen LogP contribution in [0.4, 0.5) is 5.69 Å². The van der Waals surface area contributed by atoms with Gasteiger partial charge < -0.3 is 15.4 Å². The molecular formula is C13H17N3O2. The Hall–Kier alpha value is -1.88. The summed E-state index contributed by atoms with van der Waals surface area (Å²) in [5.74, 6) is 0.265. The molecule has 18 heavy (non-hydrogen) atoms. The molecule has 0 aliphatic heterocycles. The van der Waals surface area contributed by atoms with Crippen LogP contribution < -0.4 is 10.9 Å². The lowest BCUT2D eigenvalue weighted by molar-refractivity contribution is 0.249. The Morgan fingerprint density at radius 3 is 2.94 bits per heavy atom. The SMILES string of the molecule is CC(C)[C@@H](CO)Nc1cc(=O)[nH]c2ccncc12. The predicted octanol–water partition coefficient (Wildman–Crippen LogP) is 1.35. The van der Waals surface area contributed by atoms with Crippen molar-refractivity contribution in [3.63, 3.8) is 0 Å². The van der Waals surface area contributed by atoms with Crippen molar-refractivity contribution in [2.75, 3.05) is 11.9 Å². The molecule has 2 aromatic rings. The highest BCUT2D eigenvalue weighted by molar-refractivity contribution is 5.90. The first-order valence-electron chi connectivity index (χ1n) is 5.96. The normalized spacial score (nSPS) is 12.9. The number of anilines is 1. The molecule has 0 aliphatic rings. The molecule has 0 aliphatic carbocycles. The van der Waals surface area contributed by atoms with E-state index in [0.29, 0.717) is 5.69 Å². The lowest BCUT2D eigenvalue weighted by Gasteiger charge is -2.21. The van der Waals surface area contributed by atoms with Crippen molar-refractivity contribution in [1.29, 1.82) is 0 Å². The summed E-state index contributed by atoms with van der Waals surface area (Å²) in [7, 11) is 0. The van der Waals surface area contributed by atoms with E-state index in [1.54, 1.807) is 18.5 Å². The number of pyridine rings is 2. The average molecular weight is 247 g/mol. The number of aromatic nitrogens is 2. The van der Waals surface area contributed by atoms with Gasteiger partial charge in [-0.2, -0.15) is 0 Å². The van der Waals surface area contributed by atoms with Crippen LogP contribution in [-0.4, -0.2) is 27.7 Å². The van der Waals surface area contributed by atoms with E-state index in [1.807, 2.05) is 13.8 Å². The van der Waals surface area contributed by atoms with Crippen LogP contribution in [0.2, 0.25) is 0 Å². The Morgan fingerprint density at radius 2 is 2.28 bits per heavy atom. The maximum atomic E-state index is 11.6. The number of hydrogen-bond donors (Lipinski definition) is 3. The Bertz CT molecular complexity index is 592. The summed E-state index contributed by atoms with van der Waals surface area (Å²) in [6.45, 7) is 4.05. The van der Waals surface area contributed by atoms with Gasteiger partial charge in [0.15, 0.2) is 0 Å². The Balaban J connectivity index is 2.46. The van der Waals surface area contributed by atoms with Crippen LogP contribution in [0.1, 0.15) is 13.8 Å². The van der Waals surface area contributed by atoms with Gasteiger partial charge in [-0.3, -0.25) is 9.78 Å². The monoisotopic (exact) mass is 247 g/mol. The van der Waals surface area contributed by atoms with E-state index in [0.717, 1.165) is 10.9 Å². The van der Waals surface area contributed by atoms with Gasteiger partial charge in [0.25, 0.3) is 0 Å². The van der Waals surface area contributed by atoms with Gasteiger partial charge in [0.05, 0.1) is 23.9 Å². The first-order valence-corrected chi connectivity index (χ1v) is 5.96. The molecule has 0 fully saturated rings. The van der Waals surface area contributed by atoms with Crippen LogP contribution in [0.25, 0.3) is 10.9 Å². The lowest BCUT2D eigenvalue weighted by atomic mass is 10.0. The minimum Gasteiger partial charge on any atom is -0.394 e. The highest BCUT2D eigenvalue weighted by Crippen LogP contribution is 2.20. The van der Waals surface area contributed by atoms with E-state index in [9.17, 15) is 9.90 Å². The van der Waals surface area contributed by atoms with Crippen molar-refractivity contribution in [3.8, 4) is 0 Å². The van der Waals surface area contributed by atoms with E-state index >= 15 is 0 Å². The van der Waals surface area contributed by atoms with Crippen LogP contribution in [0.3, 0.4) is 0 Å². The molecule has 2 aromatic heterocycles. The summed E-state index contributed by atoms with van der Waals surface area (Å²) in [4.78, 5) is 18.4. The molecule has 0 spiro atoms. The second kappa shape index (κ2) is 5.18. The van der Waals surface area contributed by atoms with Crippen molar-refractivity contribution in [3.05, 3.63) is 34.9 Å². The molecule has 0 bridgehead atoms. The number of aliphatic hydroxyl groups is 1. The van der Waals surface area contributed by atoms with Crippen molar-refractivity contribution in [1.82, 2.24) is 9.97 Å². The minimum absolute atomic E-state index is 0.0201. The highest BCUT2D eigenvalue weighted by Gasteiger charge is 2.13. The van der Waals surface area contributed by atoms with Crippen molar-refractivity contribution >= 4 is 16.6 Å². The molecule has 0 unspecified atom stereocenters. The second-order valence-electron chi connectivity index (χ2n) is 4.65. The lowest BCUT2D eigenvalue weighted by Crippen LogP contribution is -2.30. The summed E-state index contributed by atoms with van der Waals surface area (Å²) in [5.41, 5.74) is 1.27. The largest absolute Gasteiger partial charge is 0.394 e. The van der Waals surface area contributed by atoms with Gasteiger partial charge in [0.2, 0.25) is 5.56 Å². The number of rotatable bonds is 4. The first-order chi connectivity index (χ1) is 8.61. The van der Waals surface area contributed by atoms with Gasteiger partial charge in [-0.05, 0) is 12.0 Å². The molecule has 0 saturated carbocycles. The van der Waals surface area contributed by atoms with Crippen LogP contribution >= 0.6 is 0 Å². The maximum absolute atomic E-state index is 11.6. The van der Waals surface area contributed by atoms with E-state index in [1.165, 1.54) is 6.07 Å². The summed E-state index contributed by atoms with van der Waals surface area (Å²) in [5, 5.41) is 13.4. The number of H-pyrrole nitrogens is 1. The van der Waals surface area contributed by atoms with Gasteiger partial charge in [-0.1, -0.05) is 13.8 Å². The molecule has 5 heteroatoms.